The largest absolute Gasteiger partial charge is 0.388 e. The van der Waals surface area contributed by atoms with E-state index in [0.29, 0.717) is 11.8 Å². The summed E-state index contributed by atoms with van der Waals surface area (Å²) in [5.41, 5.74) is 3.12. The number of hydrogen-bond acceptors (Lipinski definition) is 3. The van der Waals surface area contributed by atoms with Crippen molar-refractivity contribution in [2.45, 2.75) is 83.0 Å². The van der Waals surface area contributed by atoms with Gasteiger partial charge in [0.2, 0.25) is 0 Å². The van der Waals surface area contributed by atoms with Gasteiger partial charge in [-0.05, 0) is 50.4 Å². The van der Waals surface area contributed by atoms with E-state index in [1.165, 1.54) is 30.0 Å². The quantitative estimate of drug-likeness (QED) is 0.360. The van der Waals surface area contributed by atoms with Crippen molar-refractivity contribution in [2.75, 3.05) is 7.11 Å². The van der Waals surface area contributed by atoms with Gasteiger partial charge in [-0.1, -0.05) is 56.1 Å². The Morgan fingerprint density at radius 2 is 2.04 bits per heavy atom. The molecular weight excluding hydrogens is 338 g/mol. The highest BCUT2D eigenvalue weighted by Crippen LogP contribution is 2.48. The van der Waals surface area contributed by atoms with Gasteiger partial charge in [-0.3, -0.25) is 0 Å². The highest BCUT2D eigenvalue weighted by molar-refractivity contribution is 6.79. The number of hydrogen-bond donors (Lipinski definition) is 2. The maximum absolute atomic E-state index is 9.94. The molecule has 26 heavy (non-hydrogen) atoms. The van der Waals surface area contributed by atoms with Crippen LogP contribution in [0.15, 0.2) is 36.1 Å². The molecule has 0 spiro atoms. The zero-order valence-corrected chi connectivity index (χ0v) is 18.8. The van der Waals surface area contributed by atoms with E-state index in [2.05, 4.69) is 57.9 Å². The van der Waals surface area contributed by atoms with Gasteiger partial charge in [-0.25, -0.2) is 0 Å². The van der Waals surface area contributed by atoms with Crippen LogP contribution in [0, 0.1) is 11.8 Å². The van der Waals surface area contributed by atoms with Crippen LogP contribution in [0.4, 0.5) is 0 Å². The summed E-state index contributed by atoms with van der Waals surface area (Å²) in [4.78, 5) is 0. The molecule has 1 aliphatic heterocycles. The van der Waals surface area contributed by atoms with Gasteiger partial charge in [-0.15, -0.1) is 6.58 Å². The fourth-order valence-electron chi connectivity index (χ4n) is 4.81. The molecule has 1 saturated carbocycles. The minimum atomic E-state index is -1.12. The predicted octanol–water partition coefficient (Wildman–Crippen LogP) is 4.89. The molecule has 0 bridgehead atoms. The van der Waals surface area contributed by atoms with Gasteiger partial charge in [0.05, 0.1) is 14.1 Å². The first-order chi connectivity index (χ1) is 12.1. The molecule has 0 radical (unpaired) electrons. The van der Waals surface area contributed by atoms with E-state index >= 15 is 0 Å². The number of allylic oxidation sites excluding steroid dienone is 4. The van der Waals surface area contributed by atoms with Crippen LogP contribution < -0.4 is 5.32 Å². The fourth-order valence-corrected chi connectivity index (χ4v) is 8.75. The number of nitrogens with one attached hydrogen (secondary N) is 1. The average molecular weight is 378 g/mol. The summed E-state index contributed by atoms with van der Waals surface area (Å²) in [7, 11) is 0.525. The second kappa shape index (κ2) is 8.03. The lowest BCUT2D eigenvalue weighted by Gasteiger charge is -2.35. The summed E-state index contributed by atoms with van der Waals surface area (Å²) < 4.78 is 5.37. The van der Waals surface area contributed by atoms with Crippen LogP contribution in [0.2, 0.25) is 24.7 Å². The Hall–Kier alpha value is -0.843. The monoisotopic (exact) mass is 377 g/mol. The van der Waals surface area contributed by atoms with Crippen LogP contribution in [0.5, 0.6) is 0 Å². The molecule has 148 valence electrons. The highest BCUT2D eigenvalue weighted by atomic mass is 28.3. The molecule has 1 saturated heterocycles. The Bertz CT molecular complexity index is 583. The third kappa shape index (κ3) is 4.02. The van der Waals surface area contributed by atoms with Crippen LogP contribution in [-0.2, 0) is 4.74 Å². The van der Waals surface area contributed by atoms with E-state index in [0.717, 1.165) is 5.54 Å². The summed E-state index contributed by atoms with van der Waals surface area (Å²) in [5.74, 6) is 1.10. The van der Waals surface area contributed by atoms with Crippen LogP contribution >= 0.6 is 0 Å². The van der Waals surface area contributed by atoms with Gasteiger partial charge in [-0.2, -0.15) is 0 Å². The van der Waals surface area contributed by atoms with Gasteiger partial charge in [0.1, 0.15) is 11.7 Å². The third-order valence-electron chi connectivity index (χ3n) is 7.42. The number of rotatable bonds is 8. The Morgan fingerprint density at radius 1 is 1.38 bits per heavy atom. The summed E-state index contributed by atoms with van der Waals surface area (Å²) in [6, 6.07) is 1.43. The lowest BCUT2D eigenvalue weighted by atomic mass is 9.82. The van der Waals surface area contributed by atoms with E-state index in [4.69, 9.17) is 4.74 Å². The number of aliphatic hydroxyl groups is 1. The second-order valence-corrected chi connectivity index (χ2v) is 14.5. The summed E-state index contributed by atoms with van der Waals surface area (Å²) in [6.45, 7) is 18.0. The first-order valence-corrected chi connectivity index (χ1v) is 13.3. The average Bonchev–Trinajstić information content (AvgIpc) is 2.93. The lowest BCUT2D eigenvalue weighted by molar-refractivity contribution is 0.0494. The lowest BCUT2D eigenvalue weighted by Crippen LogP contribution is -2.33. The summed E-state index contributed by atoms with van der Waals surface area (Å²) in [5, 5.41) is 13.2. The zero-order chi connectivity index (χ0) is 19.7. The molecule has 0 amide bonds. The number of aliphatic hydroxyl groups excluding tert-OH is 1. The molecule has 1 aliphatic carbocycles. The highest BCUT2D eigenvalue weighted by Gasteiger charge is 2.62. The molecule has 2 N–H and O–H groups in total. The van der Waals surface area contributed by atoms with Crippen molar-refractivity contribution in [3.8, 4) is 0 Å². The molecular formula is C22H39NO2Si. The van der Waals surface area contributed by atoms with E-state index < -0.39 is 19.8 Å². The molecule has 6 atom stereocenters. The van der Waals surface area contributed by atoms with Crippen molar-refractivity contribution in [1.29, 1.82) is 0 Å². The topological polar surface area (TPSA) is 41.5 Å². The van der Waals surface area contributed by atoms with Crippen LogP contribution in [0.25, 0.3) is 0 Å². The van der Waals surface area contributed by atoms with Crippen molar-refractivity contribution < 1.29 is 9.84 Å². The maximum Gasteiger partial charge on any atom is 0.115 e. The molecule has 4 heteroatoms. The molecule has 3 nitrogen and oxygen atoms in total. The van der Waals surface area contributed by atoms with Crippen molar-refractivity contribution in [2.24, 2.45) is 11.8 Å². The Labute approximate surface area is 161 Å². The maximum atomic E-state index is 9.94. The fraction of sp³-hybridized carbons (Fsp3) is 0.727. The normalized spacial score (nSPS) is 36.5. The van der Waals surface area contributed by atoms with Gasteiger partial charge < -0.3 is 15.2 Å². The molecule has 0 aromatic rings. The third-order valence-corrected chi connectivity index (χ3v) is 11.7. The van der Waals surface area contributed by atoms with Crippen molar-refractivity contribution >= 4 is 8.07 Å². The summed E-state index contributed by atoms with van der Waals surface area (Å²) in [6.07, 6.45) is 8.64. The molecule has 1 heterocycles. The molecule has 2 rings (SSSR count). The van der Waals surface area contributed by atoms with E-state index in [1.54, 1.807) is 7.11 Å². The van der Waals surface area contributed by atoms with Gasteiger partial charge in [0.15, 0.2) is 0 Å². The van der Waals surface area contributed by atoms with Gasteiger partial charge in [0, 0.05) is 7.11 Å². The number of ether oxygens (including phenoxy) is 1. The minimum absolute atomic E-state index is 0.0273. The SMILES string of the molecule is C=CC(C(C)/C(C)=C(C)\C=C/NC1C(O)C1(C)OC)C1CCC[Si]1(C)C. The molecule has 0 aromatic heterocycles. The van der Waals surface area contributed by atoms with Crippen molar-refractivity contribution in [1.82, 2.24) is 5.32 Å². The Balaban J connectivity index is 2.03. The first kappa shape index (κ1) is 21.5. The number of methoxy groups -OCH3 is 1. The van der Waals surface area contributed by atoms with E-state index in [9.17, 15) is 5.11 Å². The molecule has 0 aromatic carbocycles. The molecule has 2 fully saturated rings. The van der Waals surface area contributed by atoms with Crippen LogP contribution in [0.1, 0.15) is 40.5 Å². The van der Waals surface area contributed by atoms with Gasteiger partial charge >= 0.3 is 0 Å². The Morgan fingerprint density at radius 3 is 2.50 bits per heavy atom. The van der Waals surface area contributed by atoms with Crippen molar-refractivity contribution in [3.05, 3.63) is 36.1 Å². The van der Waals surface area contributed by atoms with Gasteiger partial charge in [0.25, 0.3) is 0 Å². The predicted molar refractivity (Wildman–Crippen MR) is 114 cm³/mol. The van der Waals surface area contributed by atoms with E-state index in [-0.39, 0.29) is 6.04 Å². The summed E-state index contributed by atoms with van der Waals surface area (Å²) >= 11 is 0. The molecule has 6 unspecified atom stereocenters. The standard InChI is InChI=1S/C22H39NO2Si/c1-9-18(19-11-10-14-26(19,7)8)17(4)16(3)15(2)12-13-23-20-21(24)22(20,5)25-6/h9,12-13,17-21,23-24H,1,10-11,14H2,2-8H3/b13-12-,16-15-. The Kier molecular flexibility index (Phi) is 6.63. The molecule has 2 aliphatic rings. The van der Waals surface area contributed by atoms with Crippen LogP contribution in [-0.4, -0.2) is 38.0 Å². The minimum Gasteiger partial charge on any atom is -0.388 e. The smallest absolute Gasteiger partial charge is 0.115 e. The van der Waals surface area contributed by atoms with E-state index in [1.807, 2.05) is 13.1 Å². The zero-order valence-electron chi connectivity index (χ0n) is 17.8. The second-order valence-electron chi connectivity index (χ2n) is 9.27. The first-order valence-electron chi connectivity index (χ1n) is 10.1. The van der Waals surface area contributed by atoms with Crippen molar-refractivity contribution in [3.63, 3.8) is 0 Å². The van der Waals surface area contributed by atoms with Crippen LogP contribution in [0.3, 0.4) is 0 Å².